The summed E-state index contributed by atoms with van der Waals surface area (Å²) in [6, 6.07) is 0.872. The average Bonchev–Trinajstić information content (AvgIpc) is 2.37. The lowest BCUT2D eigenvalue weighted by Crippen LogP contribution is -2.43. The van der Waals surface area contributed by atoms with Crippen LogP contribution < -0.4 is 16.0 Å². The van der Waals surface area contributed by atoms with Gasteiger partial charge in [-0.2, -0.15) is 0 Å². The van der Waals surface area contributed by atoms with E-state index < -0.39 is 11.9 Å². The number of rotatable bonds is 4. The Labute approximate surface area is 110 Å². The van der Waals surface area contributed by atoms with E-state index in [0.717, 1.165) is 0 Å². The van der Waals surface area contributed by atoms with Gasteiger partial charge in [-0.05, 0) is 13.0 Å². The van der Waals surface area contributed by atoms with Crippen LogP contribution in [0.1, 0.15) is 17.3 Å². The van der Waals surface area contributed by atoms with Crippen LogP contribution in [0.25, 0.3) is 0 Å². The van der Waals surface area contributed by atoms with Crippen LogP contribution >= 0.6 is 11.6 Å². The van der Waals surface area contributed by atoms with Crippen LogP contribution in [0.3, 0.4) is 0 Å². The third-order valence-electron chi connectivity index (χ3n) is 2.33. The Bertz CT molecular complexity index is 464. The van der Waals surface area contributed by atoms with E-state index in [0.29, 0.717) is 16.4 Å². The monoisotopic (exact) mass is 270 g/mol. The summed E-state index contributed by atoms with van der Waals surface area (Å²) in [6.45, 7) is 1.59. The lowest BCUT2D eigenvalue weighted by atomic mass is 10.2. The van der Waals surface area contributed by atoms with E-state index in [2.05, 4.69) is 20.9 Å². The molecule has 3 N–H and O–H groups in total. The minimum atomic E-state index is -0.620. The number of nitrogens with zero attached hydrogens (tertiary/aromatic N) is 1. The molecule has 0 radical (unpaired) electrons. The Morgan fingerprint density at radius 1 is 1.39 bits per heavy atom. The molecule has 7 heteroatoms. The van der Waals surface area contributed by atoms with Crippen molar-refractivity contribution in [1.82, 2.24) is 15.6 Å². The predicted molar refractivity (Wildman–Crippen MR) is 69.8 cm³/mol. The molecule has 1 heterocycles. The second-order valence-electron chi connectivity index (χ2n) is 3.61. The molecule has 0 saturated carbocycles. The van der Waals surface area contributed by atoms with E-state index in [1.807, 2.05) is 0 Å². The predicted octanol–water partition coefficient (Wildman–Crippen LogP) is 0.641. The highest BCUT2D eigenvalue weighted by Crippen LogP contribution is 2.19. The van der Waals surface area contributed by atoms with Crippen LogP contribution in [0, 0.1) is 0 Å². The number of carbonyl (C=O) groups is 2. The van der Waals surface area contributed by atoms with Crippen molar-refractivity contribution in [3.05, 3.63) is 22.8 Å². The molecule has 0 aliphatic heterocycles. The maximum absolute atomic E-state index is 11.8. The number of hydrogen-bond donors (Lipinski definition) is 3. The summed E-state index contributed by atoms with van der Waals surface area (Å²) in [5.41, 5.74) is 0.301. The zero-order chi connectivity index (χ0) is 13.7. The molecule has 18 heavy (non-hydrogen) atoms. The van der Waals surface area contributed by atoms with Gasteiger partial charge in [0.15, 0.2) is 0 Å². The molecule has 0 saturated heterocycles. The van der Waals surface area contributed by atoms with E-state index in [9.17, 15) is 9.59 Å². The Hall–Kier alpha value is -1.82. The van der Waals surface area contributed by atoms with Gasteiger partial charge in [-0.1, -0.05) is 11.6 Å². The van der Waals surface area contributed by atoms with Crippen LogP contribution in [-0.4, -0.2) is 36.9 Å². The highest BCUT2D eigenvalue weighted by atomic mass is 35.5. The van der Waals surface area contributed by atoms with Gasteiger partial charge in [-0.25, -0.2) is 4.98 Å². The van der Waals surface area contributed by atoms with Crippen LogP contribution in [-0.2, 0) is 4.79 Å². The van der Waals surface area contributed by atoms with Crippen molar-refractivity contribution in [2.75, 3.05) is 19.4 Å². The fourth-order valence-electron chi connectivity index (χ4n) is 1.31. The number of anilines is 1. The zero-order valence-corrected chi connectivity index (χ0v) is 11.1. The molecule has 98 valence electrons. The first-order chi connectivity index (χ1) is 8.49. The smallest absolute Gasteiger partial charge is 0.253 e. The van der Waals surface area contributed by atoms with Crippen LogP contribution in [0.4, 0.5) is 5.82 Å². The summed E-state index contributed by atoms with van der Waals surface area (Å²) in [5.74, 6) is -0.176. The molecule has 0 fully saturated rings. The largest absolute Gasteiger partial charge is 0.372 e. The topological polar surface area (TPSA) is 83.1 Å². The van der Waals surface area contributed by atoms with Crippen molar-refractivity contribution in [1.29, 1.82) is 0 Å². The molecular weight excluding hydrogens is 256 g/mol. The third kappa shape index (κ3) is 3.33. The molecule has 1 atom stereocenters. The van der Waals surface area contributed by atoms with Crippen molar-refractivity contribution in [2.45, 2.75) is 13.0 Å². The van der Waals surface area contributed by atoms with E-state index in [1.165, 1.54) is 19.3 Å². The van der Waals surface area contributed by atoms with E-state index in [-0.39, 0.29) is 5.91 Å². The Kier molecular flexibility index (Phi) is 4.91. The van der Waals surface area contributed by atoms with E-state index in [4.69, 9.17) is 11.6 Å². The number of pyridine rings is 1. The molecule has 6 nitrogen and oxygen atoms in total. The van der Waals surface area contributed by atoms with Crippen molar-refractivity contribution in [2.24, 2.45) is 0 Å². The number of hydrogen-bond acceptors (Lipinski definition) is 4. The van der Waals surface area contributed by atoms with Gasteiger partial charge in [0, 0.05) is 20.3 Å². The van der Waals surface area contributed by atoms with Crippen molar-refractivity contribution >= 4 is 29.2 Å². The number of carbonyl (C=O) groups excluding carboxylic acids is 2. The summed E-state index contributed by atoms with van der Waals surface area (Å²) >= 11 is 5.92. The second-order valence-corrected chi connectivity index (χ2v) is 4.02. The summed E-state index contributed by atoms with van der Waals surface area (Å²) in [5, 5.41) is 8.12. The highest BCUT2D eigenvalue weighted by molar-refractivity contribution is 6.33. The molecule has 1 aromatic rings. The molecule has 1 rings (SSSR count). The normalized spacial score (nSPS) is 11.6. The Morgan fingerprint density at radius 3 is 2.56 bits per heavy atom. The Balaban J connectivity index is 2.79. The van der Waals surface area contributed by atoms with Crippen LogP contribution in [0.2, 0.25) is 5.02 Å². The first-order valence-electron chi connectivity index (χ1n) is 5.35. The molecule has 0 aliphatic carbocycles. The number of nitrogens with one attached hydrogen (secondary N) is 3. The van der Waals surface area contributed by atoms with Gasteiger partial charge in [-0.3, -0.25) is 9.59 Å². The number of aromatic nitrogens is 1. The molecule has 0 spiro atoms. The lowest BCUT2D eigenvalue weighted by molar-refractivity contribution is -0.122. The minimum Gasteiger partial charge on any atom is -0.372 e. The number of amides is 2. The zero-order valence-electron chi connectivity index (χ0n) is 10.4. The van der Waals surface area contributed by atoms with E-state index >= 15 is 0 Å². The molecule has 0 aliphatic rings. The van der Waals surface area contributed by atoms with Gasteiger partial charge in [-0.15, -0.1) is 0 Å². The van der Waals surface area contributed by atoms with Gasteiger partial charge >= 0.3 is 0 Å². The fraction of sp³-hybridized carbons (Fsp3) is 0.364. The average molecular weight is 271 g/mol. The maximum atomic E-state index is 11.8. The van der Waals surface area contributed by atoms with Gasteiger partial charge in [0.25, 0.3) is 5.91 Å². The quantitative estimate of drug-likeness (QED) is 0.750. The minimum absolute atomic E-state index is 0.269. The van der Waals surface area contributed by atoms with Gasteiger partial charge in [0.1, 0.15) is 11.9 Å². The second kappa shape index (κ2) is 6.20. The third-order valence-corrected chi connectivity index (χ3v) is 2.62. The van der Waals surface area contributed by atoms with Crippen molar-refractivity contribution in [3.63, 3.8) is 0 Å². The maximum Gasteiger partial charge on any atom is 0.253 e. The van der Waals surface area contributed by atoms with Gasteiger partial charge in [0.05, 0.1) is 10.6 Å². The summed E-state index contributed by atoms with van der Waals surface area (Å²) in [7, 11) is 3.19. The molecule has 0 bridgehead atoms. The van der Waals surface area contributed by atoms with Gasteiger partial charge in [0.2, 0.25) is 5.91 Å². The first kappa shape index (κ1) is 14.2. The Morgan fingerprint density at radius 2 is 2.06 bits per heavy atom. The highest BCUT2D eigenvalue weighted by Gasteiger charge is 2.16. The summed E-state index contributed by atoms with van der Waals surface area (Å²) in [6.07, 6.45) is 1.39. The first-order valence-corrected chi connectivity index (χ1v) is 5.73. The van der Waals surface area contributed by atoms with E-state index in [1.54, 1.807) is 14.0 Å². The summed E-state index contributed by atoms with van der Waals surface area (Å²) < 4.78 is 0. The molecule has 1 unspecified atom stereocenters. The lowest BCUT2D eigenvalue weighted by Gasteiger charge is -2.12. The van der Waals surface area contributed by atoms with Crippen molar-refractivity contribution in [3.8, 4) is 0 Å². The SMILES string of the molecule is CNC(=O)C(C)NC(=O)c1cnc(NC)c(Cl)c1. The molecule has 2 amide bonds. The number of halogens is 1. The van der Waals surface area contributed by atoms with Crippen LogP contribution in [0.5, 0.6) is 0 Å². The van der Waals surface area contributed by atoms with Crippen LogP contribution in [0.15, 0.2) is 12.3 Å². The standard InChI is InChI=1S/C11H15ClN4O2/c1-6(10(17)14-3)16-11(18)7-4-8(12)9(13-2)15-5-7/h4-6H,1-3H3,(H,13,15)(H,14,17)(H,16,18). The molecule has 1 aromatic heterocycles. The molecule has 0 aromatic carbocycles. The number of likely N-dealkylation sites (N-methyl/N-ethyl adjacent to an activating group) is 1. The molecular formula is C11H15ClN4O2. The fourth-order valence-corrected chi connectivity index (χ4v) is 1.57. The van der Waals surface area contributed by atoms with Gasteiger partial charge < -0.3 is 16.0 Å². The summed E-state index contributed by atoms with van der Waals surface area (Å²) in [4.78, 5) is 27.1. The van der Waals surface area contributed by atoms with Crippen molar-refractivity contribution < 1.29 is 9.59 Å².